The Morgan fingerprint density at radius 2 is 2.21 bits per heavy atom. The van der Waals surface area contributed by atoms with E-state index in [0.29, 0.717) is 12.2 Å². The second-order valence-corrected chi connectivity index (χ2v) is 5.90. The van der Waals surface area contributed by atoms with Crippen molar-refractivity contribution >= 4 is 0 Å². The van der Waals surface area contributed by atoms with E-state index in [4.69, 9.17) is 0 Å². The van der Waals surface area contributed by atoms with Crippen LogP contribution in [0.25, 0.3) is 0 Å². The number of aromatic amines is 1. The minimum Gasteiger partial charge on any atom is -0.512 e. The zero-order valence-corrected chi connectivity index (χ0v) is 10.9. The van der Waals surface area contributed by atoms with Gasteiger partial charge in [-0.1, -0.05) is 18.1 Å². The van der Waals surface area contributed by atoms with Crippen molar-refractivity contribution in [2.75, 3.05) is 0 Å². The van der Waals surface area contributed by atoms with Gasteiger partial charge in [-0.05, 0) is 42.9 Å². The summed E-state index contributed by atoms with van der Waals surface area (Å²) in [5.74, 6) is 0.495. The molecule has 1 aromatic heterocycles. The average Bonchev–Trinajstić information content (AvgIpc) is 3.04. The molecule has 1 heterocycles. The third-order valence-corrected chi connectivity index (χ3v) is 4.93. The van der Waals surface area contributed by atoms with E-state index in [1.165, 1.54) is 41.7 Å². The number of hydrogen-bond acceptors (Lipinski definition) is 2. The number of aromatic nitrogens is 2. The van der Waals surface area contributed by atoms with E-state index in [-0.39, 0.29) is 5.41 Å². The predicted molar refractivity (Wildman–Crippen MR) is 73.8 cm³/mol. The molecule has 3 aliphatic rings. The first-order valence-corrected chi connectivity index (χ1v) is 7.10. The van der Waals surface area contributed by atoms with Crippen molar-refractivity contribution in [1.82, 2.24) is 9.97 Å². The third-order valence-electron chi connectivity index (χ3n) is 4.93. The molecule has 0 amide bonds. The lowest BCUT2D eigenvalue weighted by atomic mass is 9.69. The van der Waals surface area contributed by atoms with Crippen LogP contribution in [0.5, 0.6) is 0 Å². The summed E-state index contributed by atoms with van der Waals surface area (Å²) in [6.45, 7) is 0. The van der Waals surface area contributed by atoms with E-state index >= 15 is 0 Å². The lowest BCUT2D eigenvalue weighted by molar-refractivity contribution is 0.386. The first-order chi connectivity index (χ1) is 9.29. The number of imidazole rings is 1. The second kappa shape index (κ2) is 3.86. The SMILES string of the molecule is OC1=CC=C2CC3(c4c[nH]cn4)CCCCC3=C2C1. The molecule has 3 heteroatoms. The van der Waals surface area contributed by atoms with Crippen LogP contribution >= 0.6 is 0 Å². The summed E-state index contributed by atoms with van der Waals surface area (Å²) in [7, 11) is 0. The Bertz CT molecular complexity index is 607. The fourth-order valence-electron chi connectivity index (χ4n) is 4.09. The summed E-state index contributed by atoms with van der Waals surface area (Å²) < 4.78 is 0. The largest absolute Gasteiger partial charge is 0.512 e. The zero-order chi connectivity index (χ0) is 12.9. The molecular formula is C16H18N2O. The molecule has 0 aliphatic heterocycles. The number of hydrogen-bond donors (Lipinski definition) is 2. The number of aliphatic hydroxyl groups is 1. The molecule has 1 unspecified atom stereocenters. The molecule has 98 valence electrons. The van der Waals surface area contributed by atoms with E-state index in [9.17, 15) is 5.11 Å². The van der Waals surface area contributed by atoms with Crippen LogP contribution in [0.4, 0.5) is 0 Å². The second-order valence-electron chi connectivity index (χ2n) is 5.90. The van der Waals surface area contributed by atoms with E-state index < -0.39 is 0 Å². The van der Waals surface area contributed by atoms with Crippen molar-refractivity contribution in [2.24, 2.45) is 0 Å². The fraction of sp³-hybridized carbons (Fsp3) is 0.438. The van der Waals surface area contributed by atoms with Crippen molar-refractivity contribution in [3.8, 4) is 0 Å². The number of fused-ring (bicyclic) bond motifs is 2. The monoisotopic (exact) mass is 254 g/mol. The molecule has 0 aromatic carbocycles. The van der Waals surface area contributed by atoms with Gasteiger partial charge in [0.2, 0.25) is 0 Å². The molecule has 4 rings (SSSR count). The first-order valence-electron chi connectivity index (χ1n) is 7.10. The minimum atomic E-state index is 0.109. The van der Waals surface area contributed by atoms with Gasteiger partial charge in [0.25, 0.3) is 0 Å². The van der Waals surface area contributed by atoms with Gasteiger partial charge in [-0.15, -0.1) is 0 Å². The van der Waals surface area contributed by atoms with E-state index in [2.05, 4.69) is 22.2 Å². The standard InChI is InChI=1S/C16H18N2O/c19-12-5-4-11-8-16(15-9-17-10-18-15)6-2-1-3-14(16)13(11)7-12/h4-5,9-10,19H,1-3,6-8H2,(H,17,18). The van der Waals surface area contributed by atoms with Gasteiger partial charge in [0.15, 0.2) is 0 Å². The van der Waals surface area contributed by atoms with Crippen LogP contribution in [-0.4, -0.2) is 15.1 Å². The van der Waals surface area contributed by atoms with Gasteiger partial charge >= 0.3 is 0 Å². The molecule has 1 fully saturated rings. The van der Waals surface area contributed by atoms with Gasteiger partial charge in [0.1, 0.15) is 0 Å². The molecule has 0 radical (unpaired) electrons. The van der Waals surface area contributed by atoms with Crippen molar-refractivity contribution < 1.29 is 5.11 Å². The summed E-state index contributed by atoms with van der Waals surface area (Å²) in [5, 5.41) is 9.82. The Kier molecular flexibility index (Phi) is 2.25. The summed E-state index contributed by atoms with van der Waals surface area (Å²) in [4.78, 5) is 7.66. The van der Waals surface area contributed by atoms with Gasteiger partial charge in [0.05, 0.1) is 17.8 Å². The molecule has 0 bridgehead atoms. The molecule has 3 aliphatic carbocycles. The highest BCUT2D eigenvalue weighted by atomic mass is 16.3. The normalized spacial score (nSPS) is 29.7. The quantitative estimate of drug-likeness (QED) is 0.803. The number of allylic oxidation sites excluding steroid dienone is 5. The van der Waals surface area contributed by atoms with Gasteiger partial charge < -0.3 is 10.1 Å². The number of aliphatic hydroxyl groups excluding tert-OH is 1. The topological polar surface area (TPSA) is 48.9 Å². The molecule has 0 spiro atoms. The number of nitrogens with zero attached hydrogens (tertiary/aromatic N) is 1. The number of H-pyrrole nitrogens is 1. The Morgan fingerprint density at radius 1 is 1.26 bits per heavy atom. The van der Waals surface area contributed by atoms with Gasteiger partial charge in [-0.3, -0.25) is 0 Å². The lowest BCUT2D eigenvalue weighted by Gasteiger charge is -2.35. The maximum atomic E-state index is 9.82. The Labute approximate surface area is 112 Å². The Balaban J connectivity index is 1.88. The van der Waals surface area contributed by atoms with Crippen molar-refractivity contribution in [1.29, 1.82) is 0 Å². The van der Waals surface area contributed by atoms with Crippen LogP contribution in [-0.2, 0) is 5.41 Å². The smallest absolute Gasteiger partial charge is 0.0966 e. The maximum Gasteiger partial charge on any atom is 0.0966 e. The highest BCUT2D eigenvalue weighted by molar-refractivity contribution is 5.56. The highest BCUT2D eigenvalue weighted by Gasteiger charge is 2.46. The zero-order valence-electron chi connectivity index (χ0n) is 10.9. The highest BCUT2D eigenvalue weighted by Crippen LogP contribution is 2.56. The van der Waals surface area contributed by atoms with E-state index in [0.717, 1.165) is 12.8 Å². The van der Waals surface area contributed by atoms with E-state index in [1.54, 1.807) is 6.33 Å². The average molecular weight is 254 g/mol. The Hall–Kier alpha value is -1.77. The molecule has 2 N–H and O–H groups in total. The predicted octanol–water partition coefficient (Wildman–Crippen LogP) is 3.69. The lowest BCUT2D eigenvalue weighted by Crippen LogP contribution is -2.29. The summed E-state index contributed by atoms with van der Waals surface area (Å²) in [6.07, 6.45) is 14.5. The molecule has 1 atom stereocenters. The first kappa shape index (κ1) is 11.1. The van der Waals surface area contributed by atoms with Gasteiger partial charge in [0, 0.05) is 18.0 Å². The van der Waals surface area contributed by atoms with Crippen molar-refractivity contribution in [2.45, 2.75) is 43.9 Å². The van der Waals surface area contributed by atoms with Crippen LogP contribution in [0.15, 0.2) is 47.2 Å². The van der Waals surface area contributed by atoms with Crippen molar-refractivity contribution in [3.05, 3.63) is 52.8 Å². The van der Waals surface area contributed by atoms with Gasteiger partial charge in [-0.2, -0.15) is 0 Å². The Morgan fingerprint density at radius 3 is 3.05 bits per heavy atom. The molecular weight excluding hydrogens is 236 g/mol. The van der Waals surface area contributed by atoms with Crippen LogP contribution in [0, 0.1) is 0 Å². The number of rotatable bonds is 1. The molecule has 1 saturated carbocycles. The van der Waals surface area contributed by atoms with Crippen LogP contribution in [0.2, 0.25) is 0 Å². The summed E-state index contributed by atoms with van der Waals surface area (Å²) >= 11 is 0. The third kappa shape index (κ3) is 1.47. The van der Waals surface area contributed by atoms with Crippen LogP contribution in [0.1, 0.15) is 44.2 Å². The van der Waals surface area contributed by atoms with E-state index in [1.807, 2.05) is 6.08 Å². The maximum absolute atomic E-state index is 9.82. The van der Waals surface area contributed by atoms with Crippen LogP contribution < -0.4 is 0 Å². The molecule has 0 saturated heterocycles. The van der Waals surface area contributed by atoms with Gasteiger partial charge in [-0.25, -0.2) is 4.98 Å². The minimum absolute atomic E-state index is 0.109. The fourth-order valence-corrected chi connectivity index (χ4v) is 4.09. The van der Waals surface area contributed by atoms with Crippen molar-refractivity contribution in [3.63, 3.8) is 0 Å². The molecule has 3 nitrogen and oxygen atoms in total. The molecule has 19 heavy (non-hydrogen) atoms. The molecule has 1 aromatic rings. The summed E-state index contributed by atoms with van der Waals surface area (Å²) in [5.41, 5.74) is 5.64. The van der Waals surface area contributed by atoms with Crippen LogP contribution in [0.3, 0.4) is 0 Å². The summed E-state index contributed by atoms with van der Waals surface area (Å²) in [6, 6.07) is 0. The number of nitrogens with one attached hydrogen (secondary N) is 1.